The van der Waals surface area contributed by atoms with E-state index in [0.717, 1.165) is 17.1 Å². The normalized spacial score (nSPS) is 19.3. The first-order valence-corrected chi connectivity index (χ1v) is 9.25. The number of aromatic nitrogens is 3. The van der Waals surface area contributed by atoms with Crippen molar-refractivity contribution in [3.8, 4) is 5.69 Å². The molecule has 1 fully saturated rings. The number of pyridine rings is 2. The van der Waals surface area contributed by atoms with Gasteiger partial charge in [0, 0.05) is 37.9 Å². The summed E-state index contributed by atoms with van der Waals surface area (Å²) >= 11 is 5.65. The molecule has 1 aliphatic heterocycles. The standard InChI is InChI=1S/C20H21N5OS/c1-26-13-12-25-19(18(23-20(25)27)16-7-2-3-10-22-16)17-8-5-11-24(17)15-6-4-9-21-14-15/h2-11,14,18-19H,12-13H2,1H3,(H,23,27)/t18-,19+/m0/s1. The second kappa shape index (κ2) is 7.85. The van der Waals surface area contributed by atoms with Crippen molar-refractivity contribution in [2.45, 2.75) is 12.1 Å². The summed E-state index contributed by atoms with van der Waals surface area (Å²) in [7, 11) is 1.70. The molecule has 0 amide bonds. The van der Waals surface area contributed by atoms with Crippen molar-refractivity contribution in [2.24, 2.45) is 0 Å². The minimum atomic E-state index is -0.0409. The fraction of sp³-hybridized carbons (Fsp3) is 0.250. The lowest BCUT2D eigenvalue weighted by atomic mass is 10.0. The number of hydrogen-bond donors (Lipinski definition) is 1. The van der Waals surface area contributed by atoms with Crippen LogP contribution in [-0.4, -0.2) is 44.8 Å². The van der Waals surface area contributed by atoms with E-state index in [2.05, 4.69) is 37.0 Å². The summed E-state index contributed by atoms with van der Waals surface area (Å²) in [5.74, 6) is 0. The van der Waals surface area contributed by atoms with Crippen LogP contribution in [-0.2, 0) is 4.74 Å². The summed E-state index contributed by atoms with van der Waals surface area (Å²) in [6.45, 7) is 1.30. The van der Waals surface area contributed by atoms with Gasteiger partial charge in [0.2, 0.25) is 0 Å². The summed E-state index contributed by atoms with van der Waals surface area (Å²) in [6, 6.07) is 14.1. The predicted molar refractivity (Wildman–Crippen MR) is 108 cm³/mol. The zero-order valence-corrected chi connectivity index (χ0v) is 15.8. The fourth-order valence-corrected chi connectivity index (χ4v) is 3.86. The Morgan fingerprint density at radius 3 is 2.81 bits per heavy atom. The van der Waals surface area contributed by atoms with Crippen LogP contribution in [0.4, 0.5) is 0 Å². The number of rotatable bonds is 6. The Balaban J connectivity index is 1.78. The van der Waals surface area contributed by atoms with E-state index in [-0.39, 0.29) is 12.1 Å². The highest BCUT2D eigenvalue weighted by molar-refractivity contribution is 7.80. The average Bonchev–Trinajstić information content (AvgIpc) is 3.32. The molecule has 0 radical (unpaired) electrons. The first kappa shape index (κ1) is 17.6. The topological polar surface area (TPSA) is 55.2 Å². The molecule has 1 saturated heterocycles. The second-order valence-corrected chi connectivity index (χ2v) is 6.71. The van der Waals surface area contributed by atoms with Gasteiger partial charge in [-0.1, -0.05) is 6.07 Å². The van der Waals surface area contributed by atoms with Crippen LogP contribution in [0, 0.1) is 0 Å². The van der Waals surface area contributed by atoms with Gasteiger partial charge in [0.1, 0.15) is 0 Å². The first-order chi connectivity index (χ1) is 13.3. The molecule has 7 heteroatoms. The van der Waals surface area contributed by atoms with Crippen molar-refractivity contribution in [3.63, 3.8) is 0 Å². The maximum atomic E-state index is 5.65. The van der Waals surface area contributed by atoms with Gasteiger partial charge in [-0.05, 0) is 48.6 Å². The fourth-order valence-electron chi connectivity index (χ4n) is 3.52. The predicted octanol–water partition coefficient (Wildman–Crippen LogP) is 2.89. The van der Waals surface area contributed by atoms with Crippen molar-refractivity contribution in [2.75, 3.05) is 20.3 Å². The number of nitrogens with one attached hydrogen (secondary N) is 1. The van der Waals surface area contributed by atoms with E-state index in [4.69, 9.17) is 17.0 Å². The summed E-state index contributed by atoms with van der Waals surface area (Å²) in [6.07, 6.45) is 7.51. The van der Waals surface area contributed by atoms with Crippen molar-refractivity contribution in [1.82, 2.24) is 24.8 Å². The van der Waals surface area contributed by atoms with E-state index in [0.29, 0.717) is 18.3 Å². The number of hydrogen-bond acceptors (Lipinski definition) is 4. The quantitative estimate of drug-likeness (QED) is 0.665. The Bertz CT molecular complexity index is 899. The third-order valence-electron chi connectivity index (χ3n) is 4.74. The molecular formula is C20H21N5OS. The van der Waals surface area contributed by atoms with Crippen LogP contribution in [0.3, 0.4) is 0 Å². The van der Waals surface area contributed by atoms with E-state index < -0.39 is 0 Å². The first-order valence-electron chi connectivity index (χ1n) is 8.84. The minimum Gasteiger partial charge on any atom is -0.383 e. The van der Waals surface area contributed by atoms with Gasteiger partial charge in [0.25, 0.3) is 0 Å². The lowest BCUT2D eigenvalue weighted by molar-refractivity contribution is 0.163. The van der Waals surface area contributed by atoms with Crippen LogP contribution in [0.1, 0.15) is 23.5 Å². The molecule has 0 aliphatic carbocycles. The zero-order valence-electron chi connectivity index (χ0n) is 15.0. The smallest absolute Gasteiger partial charge is 0.170 e. The van der Waals surface area contributed by atoms with E-state index in [1.54, 1.807) is 13.3 Å². The Morgan fingerprint density at radius 1 is 1.15 bits per heavy atom. The third kappa shape index (κ3) is 3.43. The number of ether oxygens (including phenoxy) is 1. The Morgan fingerprint density at radius 2 is 2.07 bits per heavy atom. The van der Waals surface area contributed by atoms with Crippen molar-refractivity contribution in [1.29, 1.82) is 0 Å². The van der Waals surface area contributed by atoms with Crippen LogP contribution in [0.2, 0.25) is 0 Å². The number of methoxy groups -OCH3 is 1. The molecule has 4 heterocycles. The highest BCUT2D eigenvalue weighted by Gasteiger charge is 2.40. The molecule has 2 atom stereocenters. The SMILES string of the molecule is COCCN1C(=S)N[C@@H](c2ccccn2)[C@H]1c1cccn1-c1cccnc1. The second-order valence-electron chi connectivity index (χ2n) is 6.33. The summed E-state index contributed by atoms with van der Waals surface area (Å²) in [5, 5.41) is 4.17. The molecular weight excluding hydrogens is 358 g/mol. The van der Waals surface area contributed by atoms with Crippen LogP contribution in [0.15, 0.2) is 67.3 Å². The molecule has 27 heavy (non-hydrogen) atoms. The highest BCUT2D eigenvalue weighted by atomic mass is 32.1. The van der Waals surface area contributed by atoms with Crippen LogP contribution in [0.5, 0.6) is 0 Å². The lowest BCUT2D eigenvalue weighted by Gasteiger charge is -2.28. The van der Waals surface area contributed by atoms with Crippen LogP contribution < -0.4 is 5.32 Å². The van der Waals surface area contributed by atoms with E-state index in [1.165, 1.54) is 0 Å². The number of nitrogens with zero attached hydrogens (tertiary/aromatic N) is 4. The van der Waals surface area contributed by atoms with Crippen LogP contribution in [0.25, 0.3) is 5.69 Å². The molecule has 4 rings (SSSR count). The van der Waals surface area contributed by atoms with E-state index in [1.807, 2.05) is 48.8 Å². The zero-order chi connectivity index (χ0) is 18.6. The third-order valence-corrected chi connectivity index (χ3v) is 5.09. The Hall–Kier alpha value is -2.77. The van der Waals surface area contributed by atoms with Gasteiger partial charge in [-0.15, -0.1) is 0 Å². The van der Waals surface area contributed by atoms with Gasteiger partial charge in [-0.3, -0.25) is 9.97 Å². The molecule has 3 aromatic heterocycles. The minimum absolute atomic E-state index is 0.00208. The number of thiocarbonyl (C=S) groups is 1. The molecule has 1 aliphatic rings. The summed E-state index contributed by atoms with van der Waals surface area (Å²) in [5.41, 5.74) is 3.10. The average molecular weight is 379 g/mol. The Labute approximate surface area is 163 Å². The molecule has 0 aromatic carbocycles. The molecule has 138 valence electrons. The monoisotopic (exact) mass is 379 g/mol. The van der Waals surface area contributed by atoms with Crippen molar-refractivity contribution >= 4 is 17.3 Å². The molecule has 0 unspecified atom stereocenters. The van der Waals surface area contributed by atoms with E-state index >= 15 is 0 Å². The molecule has 6 nitrogen and oxygen atoms in total. The summed E-state index contributed by atoms with van der Waals surface area (Å²) < 4.78 is 7.47. The molecule has 3 aromatic rings. The Kier molecular flexibility index (Phi) is 5.13. The van der Waals surface area contributed by atoms with Crippen molar-refractivity contribution in [3.05, 3.63) is 78.6 Å². The van der Waals surface area contributed by atoms with Gasteiger partial charge in [0.05, 0.1) is 36.3 Å². The van der Waals surface area contributed by atoms with Gasteiger partial charge in [0.15, 0.2) is 5.11 Å². The maximum Gasteiger partial charge on any atom is 0.170 e. The molecule has 1 N–H and O–H groups in total. The van der Waals surface area contributed by atoms with E-state index in [9.17, 15) is 0 Å². The van der Waals surface area contributed by atoms with Gasteiger partial charge in [-0.25, -0.2) is 0 Å². The van der Waals surface area contributed by atoms with Gasteiger partial charge < -0.3 is 19.5 Å². The van der Waals surface area contributed by atoms with Crippen LogP contribution >= 0.6 is 12.2 Å². The summed E-state index contributed by atoms with van der Waals surface area (Å²) in [4.78, 5) is 11.0. The largest absolute Gasteiger partial charge is 0.383 e. The van der Waals surface area contributed by atoms with Crippen molar-refractivity contribution < 1.29 is 4.74 Å². The lowest BCUT2D eigenvalue weighted by Crippen LogP contribution is -2.33. The molecule has 0 saturated carbocycles. The van der Waals surface area contributed by atoms with Gasteiger partial charge >= 0.3 is 0 Å². The maximum absolute atomic E-state index is 5.65. The van der Waals surface area contributed by atoms with Gasteiger partial charge in [-0.2, -0.15) is 0 Å². The molecule has 0 spiro atoms. The molecule has 0 bridgehead atoms. The highest BCUT2D eigenvalue weighted by Crippen LogP contribution is 2.39.